The summed E-state index contributed by atoms with van der Waals surface area (Å²) in [5, 5.41) is 8.99. The van der Waals surface area contributed by atoms with Gasteiger partial charge in [-0.05, 0) is 67.1 Å². The van der Waals surface area contributed by atoms with Crippen molar-refractivity contribution in [1.29, 1.82) is 0 Å². The number of hydrogen-bond acceptors (Lipinski definition) is 7. The molecular formula is C26H26N4O6. The minimum atomic E-state index is -1.01. The Hall–Kier alpha value is -4.86. The predicted molar refractivity (Wildman–Crippen MR) is 136 cm³/mol. The molecule has 0 atom stereocenters. The number of ether oxygens (including phenoxy) is 3. The average molecular weight is 491 g/mol. The van der Waals surface area contributed by atoms with E-state index in [1.807, 2.05) is 6.92 Å². The van der Waals surface area contributed by atoms with E-state index >= 15 is 0 Å². The standard InChI is InChI=1S/C26H26N4O6/c1-4-36-19-12-10-18(11-13-19)28-24(31)20-7-5-6-8-21(20)29-25(32)26(33)30-27-16-17-9-14-22(34-2)23(15-17)35-3/h5-16H,4H2,1-3H3,(H,28,31)(H,29,32)(H,30,33)/b27-16+. The van der Waals surface area contributed by atoms with Crippen molar-refractivity contribution < 1.29 is 28.6 Å². The number of methoxy groups -OCH3 is 2. The van der Waals surface area contributed by atoms with Crippen LogP contribution in [0.5, 0.6) is 17.2 Å². The normalized spacial score (nSPS) is 10.4. The SMILES string of the molecule is CCOc1ccc(NC(=O)c2ccccc2NC(=O)C(=O)N/N=C/c2ccc(OC)c(OC)c2)cc1. The minimum Gasteiger partial charge on any atom is -0.494 e. The molecule has 0 radical (unpaired) electrons. The van der Waals surface area contributed by atoms with E-state index < -0.39 is 17.7 Å². The Morgan fingerprint density at radius 1 is 0.861 bits per heavy atom. The molecule has 0 saturated carbocycles. The van der Waals surface area contributed by atoms with Crippen LogP contribution in [0.1, 0.15) is 22.8 Å². The number of rotatable bonds is 9. The first-order chi connectivity index (χ1) is 17.4. The summed E-state index contributed by atoms with van der Waals surface area (Å²) < 4.78 is 15.8. The summed E-state index contributed by atoms with van der Waals surface area (Å²) in [7, 11) is 3.02. The van der Waals surface area contributed by atoms with Gasteiger partial charge in [0.25, 0.3) is 5.91 Å². The highest BCUT2D eigenvalue weighted by molar-refractivity contribution is 6.40. The Balaban J connectivity index is 1.62. The summed E-state index contributed by atoms with van der Waals surface area (Å²) in [6, 6.07) is 18.3. The molecule has 3 aromatic rings. The molecule has 3 amide bonds. The van der Waals surface area contributed by atoms with Gasteiger partial charge in [-0.3, -0.25) is 14.4 Å². The first-order valence-corrected chi connectivity index (χ1v) is 10.9. The largest absolute Gasteiger partial charge is 0.494 e. The van der Waals surface area contributed by atoms with Crippen LogP contribution in [0.4, 0.5) is 11.4 Å². The molecule has 186 valence electrons. The second-order valence-corrected chi connectivity index (χ2v) is 7.22. The third-order valence-electron chi connectivity index (χ3n) is 4.84. The second kappa shape index (κ2) is 12.6. The van der Waals surface area contributed by atoms with Crippen molar-refractivity contribution in [3.8, 4) is 17.2 Å². The van der Waals surface area contributed by atoms with Crippen LogP contribution >= 0.6 is 0 Å². The monoisotopic (exact) mass is 490 g/mol. The molecule has 3 N–H and O–H groups in total. The fourth-order valence-corrected chi connectivity index (χ4v) is 3.12. The molecule has 10 nitrogen and oxygen atoms in total. The zero-order valence-electron chi connectivity index (χ0n) is 20.0. The molecule has 0 heterocycles. The number of benzene rings is 3. The van der Waals surface area contributed by atoms with Crippen LogP contribution in [0.3, 0.4) is 0 Å². The fourth-order valence-electron chi connectivity index (χ4n) is 3.12. The van der Waals surface area contributed by atoms with Crippen molar-refractivity contribution in [2.45, 2.75) is 6.92 Å². The molecule has 0 fully saturated rings. The number of hydrazone groups is 1. The average Bonchev–Trinajstić information content (AvgIpc) is 2.90. The van der Waals surface area contributed by atoms with Crippen LogP contribution < -0.4 is 30.3 Å². The lowest BCUT2D eigenvalue weighted by atomic mass is 10.1. The number of anilines is 2. The van der Waals surface area contributed by atoms with E-state index in [1.54, 1.807) is 54.6 Å². The molecule has 0 aliphatic heterocycles. The van der Waals surface area contributed by atoms with Crippen LogP contribution in [0, 0.1) is 0 Å². The van der Waals surface area contributed by atoms with E-state index in [1.165, 1.54) is 32.6 Å². The quantitative estimate of drug-likeness (QED) is 0.240. The van der Waals surface area contributed by atoms with Gasteiger partial charge in [-0.15, -0.1) is 0 Å². The highest BCUT2D eigenvalue weighted by atomic mass is 16.5. The summed E-state index contributed by atoms with van der Waals surface area (Å²) in [6.45, 7) is 2.42. The lowest BCUT2D eigenvalue weighted by Gasteiger charge is -2.11. The van der Waals surface area contributed by atoms with Crippen molar-refractivity contribution in [3.63, 3.8) is 0 Å². The van der Waals surface area contributed by atoms with Crippen LogP contribution in [0.15, 0.2) is 71.8 Å². The highest BCUT2D eigenvalue weighted by Crippen LogP contribution is 2.26. The van der Waals surface area contributed by atoms with Gasteiger partial charge in [0, 0.05) is 5.69 Å². The van der Waals surface area contributed by atoms with Crippen molar-refractivity contribution in [2.24, 2.45) is 5.10 Å². The van der Waals surface area contributed by atoms with Gasteiger partial charge in [0.05, 0.1) is 38.3 Å². The van der Waals surface area contributed by atoms with Crippen LogP contribution in [0.2, 0.25) is 0 Å². The number of carbonyl (C=O) groups excluding carboxylic acids is 3. The first-order valence-electron chi connectivity index (χ1n) is 10.9. The van der Waals surface area contributed by atoms with Crippen LogP contribution in [-0.2, 0) is 9.59 Å². The lowest BCUT2D eigenvalue weighted by molar-refractivity contribution is -0.136. The maximum absolute atomic E-state index is 12.8. The van der Waals surface area contributed by atoms with Gasteiger partial charge in [-0.1, -0.05) is 12.1 Å². The number of nitrogens with zero attached hydrogens (tertiary/aromatic N) is 1. The predicted octanol–water partition coefficient (Wildman–Crippen LogP) is 3.44. The summed E-state index contributed by atoms with van der Waals surface area (Å²) in [5.74, 6) is -0.729. The Morgan fingerprint density at radius 3 is 2.28 bits per heavy atom. The maximum Gasteiger partial charge on any atom is 0.329 e. The lowest BCUT2D eigenvalue weighted by Crippen LogP contribution is -2.33. The maximum atomic E-state index is 12.8. The zero-order chi connectivity index (χ0) is 25.9. The zero-order valence-corrected chi connectivity index (χ0v) is 20.0. The van der Waals surface area contributed by atoms with Gasteiger partial charge < -0.3 is 24.8 Å². The van der Waals surface area contributed by atoms with Gasteiger partial charge >= 0.3 is 11.8 Å². The van der Waals surface area contributed by atoms with Crippen LogP contribution in [-0.4, -0.2) is 44.8 Å². The van der Waals surface area contributed by atoms with Gasteiger partial charge in [-0.2, -0.15) is 5.10 Å². The molecule has 3 aromatic carbocycles. The second-order valence-electron chi connectivity index (χ2n) is 7.22. The smallest absolute Gasteiger partial charge is 0.329 e. The molecule has 0 saturated heterocycles. The topological polar surface area (TPSA) is 127 Å². The van der Waals surface area contributed by atoms with E-state index in [2.05, 4.69) is 21.2 Å². The molecule has 0 spiro atoms. The number of amides is 3. The third kappa shape index (κ3) is 6.83. The van der Waals surface area contributed by atoms with E-state index in [9.17, 15) is 14.4 Å². The molecule has 36 heavy (non-hydrogen) atoms. The van der Waals surface area contributed by atoms with E-state index in [0.29, 0.717) is 35.1 Å². The van der Waals surface area contributed by atoms with Gasteiger partial charge in [0.1, 0.15) is 5.75 Å². The van der Waals surface area contributed by atoms with Crippen LogP contribution in [0.25, 0.3) is 0 Å². The summed E-state index contributed by atoms with van der Waals surface area (Å²) in [6.07, 6.45) is 1.35. The Kier molecular flexibility index (Phi) is 8.99. The molecular weight excluding hydrogens is 464 g/mol. The molecule has 10 heteroatoms. The van der Waals surface area contributed by atoms with Gasteiger partial charge in [0.2, 0.25) is 0 Å². The van der Waals surface area contributed by atoms with E-state index in [4.69, 9.17) is 14.2 Å². The molecule has 0 aliphatic rings. The first kappa shape index (κ1) is 25.8. The van der Waals surface area contributed by atoms with E-state index in [-0.39, 0.29) is 11.3 Å². The van der Waals surface area contributed by atoms with Crippen molar-refractivity contribution in [1.82, 2.24) is 5.43 Å². The fraction of sp³-hybridized carbons (Fsp3) is 0.154. The van der Waals surface area contributed by atoms with Gasteiger partial charge in [-0.25, -0.2) is 5.43 Å². The number of carbonyl (C=O) groups is 3. The molecule has 0 unspecified atom stereocenters. The van der Waals surface area contributed by atoms with Crippen molar-refractivity contribution >= 4 is 35.3 Å². The molecule has 0 aromatic heterocycles. The molecule has 0 bridgehead atoms. The molecule has 0 aliphatic carbocycles. The summed E-state index contributed by atoms with van der Waals surface area (Å²) in [5.41, 5.74) is 3.67. The highest BCUT2D eigenvalue weighted by Gasteiger charge is 2.18. The third-order valence-corrected chi connectivity index (χ3v) is 4.84. The minimum absolute atomic E-state index is 0.171. The molecule has 3 rings (SSSR count). The van der Waals surface area contributed by atoms with Gasteiger partial charge in [0.15, 0.2) is 11.5 Å². The number of para-hydroxylation sites is 1. The summed E-state index contributed by atoms with van der Waals surface area (Å²) >= 11 is 0. The van der Waals surface area contributed by atoms with Crippen molar-refractivity contribution in [2.75, 3.05) is 31.5 Å². The Bertz CT molecular complexity index is 1260. The Labute approximate surface area is 208 Å². The number of nitrogens with one attached hydrogen (secondary N) is 3. The number of hydrogen-bond donors (Lipinski definition) is 3. The van der Waals surface area contributed by atoms with Crippen molar-refractivity contribution in [3.05, 3.63) is 77.9 Å². The van der Waals surface area contributed by atoms with E-state index in [0.717, 1.165) is 0 Å². The summed E-state index contributed by atoms with van der Waals surface area (Å²) in [4.78, 5) is 37.4. The Morgan fingerprint density at radius 2 is 1.58 bits per heavy atom.